The molecule has 1 unspecified atom stereocenters. The number of hydrogen-bond acceptors (Lipinski definition) is 3. The Labute approximate surface area is 96.3 Å². The van der Waals surface area contributed by atoms with Crippen LogP contribution in [0.5, 0.6) is 0 Å². The number of hydrogen-bond donors (Lipinski definition) is 0. The van der Waals surface area contributed by atoms with Crippen molar-refractivity contribution in [3.8, 4) is 0 Å². The zero-order valence-corrected chi connectivity index (χ0v) is 10.4. The van der Waals surface area contributed by atoms with Crippen molar-refractivity contribution in [2.75, 3.05) is 0 Å². The first kappa shape index (κ1) is 10.3. The van der Waals surface area contributed by atoms with Crippen LogP contribution in [0.2, 0.25) is 0 Å². The van der Waals surface area contributed by atoms with Gasteiger partial charge in [-0.05, 0) is 43.9 Å². The van der Waals surface area contributed by atoms with E-state index in [0.29, 0.717) is 11.3 Å². The highest BCUT2D eigenvalue weighted by molar-refractivity contribution is 5.99. The molecule has 2 aliphatic carbocycles. The Hall–Kier alpha value is -0.860. The summed E-state index contributed by atoms with van der Waals surface area (Å²) in [6.45, 7) is 8.48. The molecule has 0 N–H and O–H groups in total. The molecule has 2 saturated carbocycles. The van der Waals surface area contributed by atoms with Gasteiger partial charge in [0.15, 0.2) is 0 Å². The number of nitrogens with zero attached hydrogens (tertiary/aromatic N) is 1. The number of fused-ring (bicyclic) bond motifs is 2. The zero-order chi connectivity index (χ0) is 11.7. The third-order valence-corrected chi connectivity index (χ3v) is 4.94. The first-order valence-electron chi connectivity index (χ1n) is 6.14. The molecule has 0 bridgehead atoms. The standard InChI is InChI=1S/C13H19NO2/c1-7-11(15)16-13(4)6-9-8(12(9,2)3)5-10(13)14-7/h7-9H,5-6H2,1-4H3/t7?,8-,9+,13+/m1/s1. The van der Waals surface area contributed by atoms with Crippen molar-refractivity contribution >= 4 is 11.7 Å². The molecule has 0 aromatic heterocycles. The predicted octanol–water partition coefficient (Wildman–Crippen LogP) is 2.20. The molecule has 0 spiro atoms. The average molecular weight is 221 g/mol. The third kappa shape index (κ3) is 1.14. The Bertz CT molecular complexity index is 399. The van der Waals surface area contributed by atoms with Crippen LogP contribution in [-0.2, 0) is 9.53 Å². The van der Waals surface area contributed by atoms with Gasteiger partial charge in [0.25, 0.3) is 0 Å². The van der Waals surface area contributed by atoms with Gasteiger partial charge in [0.05, 0.1) is 5.71 Å². The lowest BCUT2D eigenvalue weighted by Gasteiger charge is -2.38. The van der Waals surface area contributed by atoms with Crippen LogP contribution in [0.15, 0.2) is 4.99 Å². The third-order valence-electron chi connectivity index (χ3n) is 4.94. The van der Waals surface area contributed by atoms with Crippen LogP contribution in [0.25, 0.3) is 0 Å². The molecule has 4 atom stereocenters. The molecular formula is C13H19NO2. The minimum Gasteiger partial charge on any atom is -0.452 e. The summed E-state index contributed by atoms with van der Waals surface area (Å²) in [7, 11) is 0. The summed E-state index contributed by atoms with van der Waals surface area (Å²) in [6.07, 6.45) is 1.98. The predicted molar refractivity (Wildman–Crippen MR) is 61.4 cm³/mol. The SMILES string of the molecule is CC1N=C2C[C@@H]3[C@H](C[C@]2(C)OC1=O)C3(C)C. The molecule has 0 saturated heterocycles. The molecule has 1 aliphatic heterocycles. The van der Waals surface area contributed by atoms with Gasteiger partial charge in [0.1, 0.15) is 11.6 Å². The van der Waals surface area contributed by atoms with E-state index in [1.54, 1.807) is 0 Å². The van der Waals surface area contributed by atoms with Crippen molar-refractivity contribution in [2.45, 2.75) is 52.2 Å². The fraction of sp³-hybridized carbons (Fsp3) is 0.846. The topological polar surface area (TPSA) is 38.7 Å². The highest BCUT2D eigenvalue weighted by Crippen LogP contribution is 2.66. The second-order valence-electron chi connectivity index (χ2n) is 6.35. The first-order valence-corrected chi connectivity index (χ1v) is 6.14. The molecule has 3 heteroatoms. The van der Waals surface area contributed by atoms with E-state index in [-0.39, 0.29) is 12.0 Å². The van der Waals surface area contributed by atoms with E-state index >= 15 is 0 Å². The van der Waals surface area contributed by atoms with Gasteiger partial charge in [-0.15, -0.1) is 0 Å². The van der Waals surface area contributed by atoms with Gasteiger partial charge in [-0.2, -0.15) is 0 Å². The molecule has 0 amide bonds. The van der Waals surface area contributed by atoms with Crippen molar-refractivity contribution in [2.24, 2.45) is 22.2 Å². The molecule has 0 aromatic rings. The van der Waals surface area contributed by atoms with Crippen molar-refractivity contribution in [3.63, 3.8) is 0 Å². The number of carbonyl (C=O) groups excluding carboxylic acids is 1. The lowest BCUT2D eigenvalue weighted by molar-refractivity contribution is -0.156. The van der Waals surface area contributed by atoms with Crippen LogP contribution in [0.4, 0.5) is 0 Å². The number of carbonyl (C=O) groups is 1. The quantitative estimate of drug-likeness (QED) is 0.588. The van der Waals surface area contributed by atoms with Crippen molar-refractivity contribution in [1.82, 2.24) is 0 Å². The largest absolute Gasteiger partial charge is 0.452 e. The van der Waals surface area contributed by atoms with Gasteiger partial charge in [0, 0.05) is 0 Å². The van der Waals surface area contributed by atoms with Crippen LogP contribution in [0.1, 0.15) is 40.5 Å². The molecule has 1 heterocycles. The molecule has 16 heavy (non-hydrogen) atoms. The van der Waals surface area contributed by atoms with Crippen molar-refractivity contribution in [3.05, 3.63) is 0 Å². The molecule has 3 aliphatic rings. The molecule has 0 aromatic carbocycles. The van der Waals surface area contributed by atoms with E-state index in [9.17, 15) is 4.79 Å². The summed E-state index contributed by atoms with van der Waals surface area (Å²) < 4.78 is 5.61. The Morgan fingerprint density at radius 3 is 2.69 bits per heavy atom. The molecule has 0 radical (unpaired) electrons. The fourth-order valence-corrected chi connectivity index (χ4v) is 3.51. The number of esters is 1. The van der Waals surface area contributed by atoms with E-state index in [0.717, 1.165) is 24.5 Å². The van der Waals surface area contributed by atoms with Crippen LogP contribution < -0.4 is 0 Å². The number of ether oxygens (including phenoxy) is 1. The lowest BCUT2D eigenvalue weighted by atomic mass is 9.83. The minimum atomic E-state index is -0.404. The van der Waals surface area contributed by atoms with Crippen molar-refractivity contribution < 1.29 is 9.53 Å². The number of rotatable bonds is 0. The van der Waals surface area contributed by atoms with E-state index in [1.165, 1.54) is 0 Å². The van der Waals surface area contributed by atoms with Crippen molar-refractivity contribution in [1.29, 1.82) is 0 Å². The van der Waals surface area contributed by atoms with E-state index in [4.69, 9.17) is 4.74 Å². The van der Waals surface area contributed by atoms with E-state index in [1.807, 2.05) is 13.8 Å². The molecule has 3 nitrogen and oxygen atoms in total. The highest BCUT2D eigenvalue weighted by atomic mass is 16.6. The maximum atomic E-state index is 11.6. The molecule has 2 fully saturated rings. The van der Waals surface area contributed by atoms with Crippen LogP contribution in [-0.4, -0.2) is 23.3 Å². The Kier molecular flexibility index (Phi) is 1.73. The zero-order valence-electron chi connectivity index (χ0n) is 10.4. The molecule has 3 rings (SSSR count). The van der Waals surface area contributed by atoms with Gasteiger partial charge < -0.3 is 4.74 Å². The van der Waals surface area contributed by atoms with Gasteiger partial charge in [0.2, 0.25) is 0 Å². The second-order valence-corrected chi connectivity index (χ2v) is 6.35. The van der Waals surface area contributed by atoms with Gasteiger partial charge in [-0.3, -0.25) is 4.99 Å². The molecule has 88 valence electrons. The minimum absolute atomic E-state index is 0.164. The average Bonchev–Trinajstić information content (AvgIpc) is 2.67. The fourth-order valence-electron chi connectivity index (χ4n) is 3.51. The lowest BCUT2D eigenvalue weighted by Crippen LogP contribution is -2.49. The normalized spacial score (nSPS) is 48.6. The summed E-state index contributed by atoms with van der Waals surface area (Å²) in [5, 5.41) is 0. The smallest absolute Gasteiger partial charge is 0.331 e. The maximum absolute atomic E-state index is 11.6. The summed E-state index contributed by atoms with van der Waals surface area (Å²) in [5.41, 5.74) is 1.13. The van der Waals surface area contributed by atoms with Gasteiger partial charge >= 0.3 is 5.97 Å². The summed E-state index contributed by atoms with van der Waals surface area (Å²) >= 11 is 0. The maximum Gasteiger partial charge on any atom is 0.331 e. The van der Waals surface area contributed by atoms with E-state index < -0.39 is 5.60 Å². The van der Waals surface area contributed by atoms with Crippen LogP contribution in [0, 0.1) is 17.3 Å². The number of aliphatic imine (C=N–C) groups is 1. The molecular weight excluding hydrogens is 202 g/mol. The summed E-state index contributed by atoms with van der Waals surface area (Å²) in [4.78, 5) is 16.1. The Balaban J connectivity index is 1.95. The highest BCUT2D eigenvalue weighted by Gasteiger charge is 2.65. The summed E-state index contributed by atoms with van der Waals surface area (Å²) in [5.74, 6) is 1.30. The van der Waals surface area contributed by atoms with Gasteiger partial charge in [-0.25, -0.2) is 4.79 Å². The Morgan fingerprint density at radius 2 is 2.00 bits per heavy atom. The summed E-state index contributed by atoms with van der Waals surface area (Å²) in [6, 6.07) is -0.304. The Morgan fingerprint density at radius 1 is 1.31 bits per heavy atom. The van der Waals surface area contributed by atoms with Crippen LogP contribution in [0.3, 0.4) is 0 Å². The van der Waals surface area contributed by atoms with Gasteiger partial charge in [-0.1, -0.05) is 13.8 Å². The van der Waals surface area contributed by atoms with E-state index in [2.05, 4.69) is 18.8 Å². The second kappa shape index (κ2) is 2.69. The first-order chi connectivity index (χ1) is 7.34. The monoisotopic (exact) mass is 221 g/mol. The van der Waals surface area contributed by atoms with Crippen LogP contribution >= 0.6 is 0 Å².